The Hall–Kier alpha value is -1.83. The Morgan fingerprint density at radius 2 is 1.88 bits per heavy atom. The molecule has 8 nitrogen and oxygen atoms in total. The number of nitrogens with one attached hydrogen (secondary N) is 1. The van der Waals surface area contributed by atoms with E-state index < -0.39 is 23.7 Å². The van der Waals surface area contributed by atoms with Crippen LogP contribution in [-0.2, 0) is 23.8 Å². The third kappa shape index (κ3) is 6.35. The predicted octanol–water partition coefficient (Wildman–Crippen LogP) is 1.08. The number of amides is 2. The summed E-state index contributed by atoms with van der Waals surface area (Å²) in [6.07, 6.45) is 0.518. The monoisotopic (exact) mass is 344 g/mol. The zero-order valence-electron chi connectivity index (χ0n) is 15.1. The lowest BCUT2D eigenvalue weighted by molar-refractivity contribution is -0.157. The molecule has 2 atom stereocenters. The average molecular weight is 344 g/mol. The van der Waals surface area contributed by atoms with Gasteiger partial charge < -0.3 is 24.4 Å². The molecular weight excluding hydrogens is 316 g/mol. The quantitative estimate of drug-likeness (QED) is 0.750. The van der Waals surface area contributed by atoms with Crippen molar-refractivity contribution < 1.29 is 28.6 Å². The zero-order valence-corrected chi connectivity index (χ0v) is 15.1. The Balaban J connectivity index is 2.52. The number of alkyl carbamates (subject to hydrolysis) is 1. The van der Waals surface area contributed by atoms with Crippen LogP contribution in [0.25, 0.3) is 0 Å². The molecule has 138 valence electrons. The van der Waals surface area contributed by atoms with E-state index in [0.717, 1.165) is 0 Å². The van der Waals surface area contributed by atoms with Crippen molar-refractivity contribution in [2.45, 2.75) is 57.8 Å². The van der Waals surface area contributed by atoms with Gasteiger partial charge in [0.05, 0.1) is 13.2 Å². The van der Waals surface area contributed by atoms with Crippen molar-refractivity contribution in [3.05, 3.63) is 0 Å². The van der Waals surface area contributed by atoms with Gasteiger partial charge in [-0.3, -0.25) is 4.79 Å². The third-order valence-corrected chi connectivity index (χ3v) is 3.69. The van der Waals surface area contributed by atoms with Crippen molar-refractivity contribution in [1.82, 2.24) is 10.2 Å². The Bertz CT molecular complexity index is 460. The van der Waals surface area contributed by atoms with Crippen LogP contribution in [0, 0.1) is 0 Å². The van der Waals surface area contributed by atoms with Crippen molar-refractivity contribution in [2.75, 3.05) is 27.3 Å². The first kappa shape index (κ1) is 20.2. The third-order valence-electron chi connectivity index (χ3n) is 3.69. The summed E-state index contributed by atoms with van der Waals surface area (Å²) in [5.41, 5.74) is -0.591. The van der Waals surface area contributed by atoms with Gasteiger partial charge in [0.1, 0.15) is 11.6 Å². The highest BCUT2D eigenvalue weighted by Crippen LogP contribution is 2.21. The number of piperidine rings is 1. The summed E-state index contributed by atoms with van der Waals surface area (Å²) in [5.74, 6) is -0.666. The molecule has 0 aromatic heterocycles. The first-order valence-corrected chi connectivity index (χ1v) is 8.05. The molecule has 2 amide bonds. The number of nitrogens with zero attached hydrogens (tertiary/aromatic N) is 1. The molecule has 1 rings (SSSR count). The Morgan fingerprint density at radius 3 is 2.42 bits per heavy atom. The molecule has 1 saturated heterocycles. The molecule has 0 radical (unpaired) electrons. The Morgan fingerprint density at radius 1 is 1.21 bits per heavy atom. The minimum atomic E-state index is -0.650. The van der Waals surface area contributed by atoms with Crippen molar-refractivity contribution in [2.24, 2.45) is 0 Å². The number of ether oxygens (including phenoxy) is 3. The van der Waals surface area contributed by atoms with E-state index in [1.54, 1.807) is 27.9 Å². The smallest absolute Gasteiger partial charge is 0.407 e. The van der Waals surface area contributed by atoms with Crippen LogP contribution < -0.4 is 5.32 Å². The summed E-state index contributed by atoms with van der Waals surface area (Å²) in [5, 5.41) is 2.54. The van der Waals surface area contributed by atoms with E-state index in [1.165, 1.54) is 12.0 Å². The van der Waals surface area contributed by atoms with Crippen LogP contribution in [-0.4, -0.2) is 67.9 Å². The molecule has 1 heterocycles. The van der Waals surface area contributed by atoms with Crippen LogP contribution >= 0.6 is 0 Å². The van der Waals surface area contributed by atoms with Gasteiger partial charge in [-0.1, -0.05) is 0 Å². The largest absolute Gasteiger partial charge is 0.467 e. The van der Waals surface area contributed by atoms with Crippen molar-refractivity contribution >= 4 is 18.0 Å². The van der Waals surface area contributed by atoms with E-state index in [9.17, 15) is 14.4 Å². The Labute approximate surface area is 142 Å². The zero-order chi connectivity index (χ0) is 18.3. The SMILES string of the molecule is COC(=O)[C@H]1C[C@H](OC)CCN1C(=O)CCNC(=O)OC(C)(C)C. The van der Waals surface area contributed by atoms with Gasteiger partial charge in [0, 0.05) is 33.0 Å². The molecule has 24 heavy (non-hydrogen) atoms. The van der Waals surface area contributed by atoms with Crippen molar-refractivity contribution in [1.29, 1.82) is 0 Å². The number of hydrogen-bond acceptors (Lipinski definition) is 6. The standard InChI is InChI=1S/C16H28N2O6/c1-16(2,3)24-15(21)17-8-6-13(19)18-9-7-11(22-4)10-12(18)14(20)23-5/h11-12H,6-10H2,1-5H3,(H,17,21)/t11-,12-/m1/s1. The molecular formula is C16H28N2O6. The van der Waals surface area contributed by atoms with Crippen LogP contribution in [0.15, 0.2) is 0 Å². The number of likely N-dealkylation sites (tertiary alicyclic amines) is 1. The van der Waals surface area contributed by atoms with E-state index in [-0.39, 0.29) is 25.0 Å². The van der Waals surface area contributed by atoms with Gasteiger partial charge in [-0.25, -0.2) is 9.59 Å². The van der Waals surface area contributed by atoms with Gasteiger partial charge in [0.25, 0.3) is 0 Å². The summed E-state index contributed by atoms with van der Waals surface area (Å²) in [6, 6.07) is -0.650. The highest BCUT2D eigenvalue weighted by atomic mass is 16.6. The summed E-state index contributed by atoms with van der Waals surface area (Å²) in [4.78, 5) is 37.4. The molecule has 0 bridgehead atoms. The van der Waals surface area contributed by atoms with Gasteiger partial charge in [-0.05, 0) is 27.2 Å². The number of carbonyl (C=O) groups excluding carboxylic acids is 3. The Kier molecular flexibility index (Phi) is 7.47. The fourth-order valence-corrected chi connectivity index (χ4v) is 2.53. The van der Waals surface area contributed by atoms with E-state index >= 15 is 0 Å². The van der Waals surface area contributed by atoms with Gasteiger partial charge in [0.15, 0.2) is 0 Å². The van der Waals surface area contributed by atoms with Crippen molar-refractivity contribution in [3.63, 3.8) is 0 Å². The summed E-state index contributed by atoms with van der Waals surface area (Å²) in [6.45, 7) is 5.85. The molecule has 1 aliphatic rings. The molecule has 1 aliphatic heterocycles. The summed E-state index contributed by atoms with van der Waals surface area (Å²) >= 11 is 0. The number of rotatable bonds is 5. The minimum Gasteiger partial charge on any atom is -0.467 e. The fraction of sp³-hybridized carbons (Fsp3) is 0.812. The normalized spacial score (nSPS) is 21.1. The van der Waals surface area contributed by atoms with Gasteiger partial charge >= 0.3 is 12.1 Å². The molecule has 1 N–H and O–H groups in total. The second-order valence-electron chi connectivity index (χ2n) is 6.69. The van der Waals surface area contributed by atoms with Gasteiger partial charge in [-0.2, -0.15) is 0 Å². The van der Waals surface area contributed by atoms with E-state index in [0.29, 0.717) is 19.4 Å². The second-order valence-corrected chi connectivity index (χ2v) is 6.69. The summed E-state index contributed by atoms with van der Waals surface area (Å²) < 4.78 is 15.2. The van der Waals surface area contributed by atoms with Gasteiger partial charge in [-0.15, -0.1) is 0 Å². The van der Waals surface area contributed by atoms with Crippen LogP contribution in [0.4, 0.5) is 4.79 Å². The van der Waals surface area contributed by atoms with Crippen LogP contribution in [0.5, 0.6) is 0 Å². The molecule has 0 aliphatic carbocycles. The number of methoxy groups -OCH3 is 2. The highest BCUT2D eigenvalue weighted by molar-refractivity contribution is 5.85. The molecule has 0 saturated carbocycles. The number of carbonyl (C=O) groups is 3. The fourth-order valence-electron chi connectivity index (χ4n) is 2.53. The topological polar surface area (TPSA) is 94.2 Å². The first-order valence-electron chi connectivity index (χ1n) is 8.05. The molecule has 8 heteroatoms. The van der Waals surface area contributed by atoms with Crippen LogP contribution in [0.2, 0.25) is 0 Å². The molecule has 0 spiro atoms. The minimum absolute atomic E-state index is 0.0713. The van der Waals surface area contributed by atoms with E-state index in [2.05, 4.69) is 5.32 Å². The van der Waals surface area contributed by atoms with Gasteiger partial charge in [0.2, 0.25) is 5.91 Å². The van der Waals surface area contributed by atoms with Crippen LogP contribution in [0.1, 0.15) is 40.0 Å². The van der Waals surface area contributed by atoms with E-state index in [4.69, 9.17) is 14.2 Å². The van der Waals surface area contributed by atoms with Crippen LogP contribution in [0.3, 0.4) is 0 Å². The van der Waals surface area contributed by atoms with E-state index in [1.807, 2.05) is 0 Å². The average Bonchev–Trinajstić information content (AvgIpc) is 2.51. The molecule has 0 unspecified atom stereocenters. The first-order chi connectivity index (χ1) is 11.2. The van der Waals surface area contributed by atoms with Crippen molar-refractivity contribution in [3.8, 4) is 0 Å². The number of esters is 1. The highest BCUT2D eigenvalue weighted by Gasteiger charge is 2.36. The lowest BCUT2D eigenvalue weighted by Gasteiger charge is -2.37. The molecule has 0 aromatic carbocycles. The maximum Gasteiger partial charge on any atom is 0.407 e. The lowest BCUT2D eigenvalue weighted by atomic mass is 9.98. The molecule has 1 fully saturated rings. The molecule has 0 aromatic rings. The maximum atomic E-state index is 12.4. The number of hydrogen-bond donors (Lipinski definition) is 1. The maximum absolute atomic E-state index is 12.4. The predicted molar refractivity (Wildman–Crippen MR) is 86.4 cm³/mol. The second kappa shape index (κ2) is 8.86. The lowest BCUT2D eigenvalue weighted by Crippen LogP contribution is -2.52. The summed E-state index contributed by atoms with van der Waals surface area (Å²) in [7, 11) is 2.88.